The first kappa shape index (κ1) is 18.2. The third kappa shape index (κ3) is 3.53. The van der Waals surface area contributed by atoms with E-state index in [1.165, 1.54) is 0 Å². The molecule has 6 nitrogen and oxygen atoms in total. The average Bonchev–Trinajstić information content (AvgIpc) is 2.68. The van der Waals surface area contributed by atoms with Crippen LogP contribution in [0.5, 0.6) is 0 Å². The first-order valence-electron chi connectivity index (χ1n) is 8.52. The molecule has 136 valence electrons. The van der Waals surface area contributed by atoms with Gasteiger partial charge in [0.05, 0.1) is 18.1 Å². The fourth-order valence-corrected chi connectivity index (χ4v) is 3.12. The van der Waals surface area contributed by atoms with Crippen molar-refractivity contribution in [2.75, 3.05) is 6.61 Å². The van der Waals surface area contributed by atoms with Crippen molar-refractivity contribution in [3.8, 4) is 17.2 Å². The van der Waals surface area contributed by atoms with Gasteiger partial charge < -0.3 is 15.2 Å². The van der Waals surface area contributed by atoms with Crippen molar-refractivity contribution in [1.82, 2.24) is 4.98 Å². The number of hydrogen-bond donors (Lipinski definition) is 1. The van der Waals surface area contributed by atoms with Gasteiger partial charge in [-0.05, 0) is 36.6 Å². The summed E-state index contributed by atoms with van der Waals surface area (Å²) in [7, 11) is 0. The maximum absolute atomic E-state index is 12.6. The summed E-state index contributed by atoms with van der Waals surface area (Å²) >= 11 is 0. The Balaban J connectivity index is 2.14. The lowest BCUT2D eigenvalue weighted by Crippen LogP contribution is -2.25. The number of rotatable bonds is 4. The highest BCUT2D eigenvalue weighted by Gasteiger charge is 2.36. The molecule has 2 aromatic rings. The van der Waals surface area contributed by atoms with Crippen LogP contribution < -0.4 is 5.73 Å². The van der Waals surface area contributed by atoms with E-state index in [9.17, 15) is 10.1 Å². The minimum Gasteiger partial charge on any atom is -0.463 e. The van der Waals surface area contributed by atoms with Gasteiger partial charge in [0.15, 0.2) is 0 Å². The molecule has 0 saturated carbocycles. The van der Waals surface area contributed by atoms with Crippen LogP contribution in [0, 0.1) is 11.3 Å². The normalized spacial score (nSPS) is 16.6. The number of allylic oxidation sites excluding steroid dienone is 2. The van der Waals surface area contributed by atoms with E-state index >= 15 is 0 Å². The molecule has 0 aliphatic carbocycles. The zero-order valence-corrected chi connectivity index (χ0v) is 15.1. The van der Waals surface area contributed by atoms with Crippen LogP contribution in [0.3, 0.4) is 0 Å². The molecule has 1 aromatic heterocycles. The van der Waals surface area contributed by atoms with Crippen LogP contribution in [0.15, 0.2) is 71.6 Å². The molecule has 2 heterocycles. The van der Waals surface area contributed by atoms with Crippen LogP contribution in [0.25, 0.3) is 11.1 Å². The van der Waals surface area contributed by atoms with Gasteiger partial charge in [0.1, 0.15) is 17.4 Å². The number of aromatic nitrogens is 1. The van der Waals surface area contributed by atoms with Gasteiger partial charge in [0.2, 0.25) is 5.88 Å². The van der Waals surface area contributed by atoms with Crippen molar-refractivity contribution in [1.29, 1.82) is 5.26 Å². The predicted octanol–water partition coefficient (Wildman–Crippen LogP) is 3.39. The highest BCUT2D eigenvalue weighted by Crippen LogP contribution is 2.40. The quantitative estimate of drug-likeness (QED) is 0.838. The van der Waals surface area contributed by atoms with Crippen LogP contribution in [-0.4, -0.2) is 17.6 Å². The number of ether oxygens (including phenoxy) is 2. The lowest BCUT2D eigenvalue weighted by atomic mass is 9.82. The van der Waals surface area contributed by atoms with Gasteiger partial charge >= 0.3 is 5.97 Å². The van der Waals surface area contributed by atoms with E-state index in [0.717, 1.165) is 16.7 Å². The summed E-state index contributed by atoms with van der Waals surface area (Å²) in [6.07, 6.45) is 3.46. The molecule has 1 aromatic carbocycles. The summed E-state index contributed by atoms with van der Waals surface area (Å²) < 4.78 is 10.6. The summed E-state index contributed by atoms with van der Waals surface area (Å²) in [4.78, 5) is 16.7. The Morgan fingerprint density at radius 2 is 2.11 bits per heavy atom. The topological polar surface area (TPSA) is 98.2 Å². The molecule has 1 aliphatic heterocycles. The van der Waals surface area contributed by atoms with Crippen molar-refractivity contribution in [2.24, 2.45) is 5.73 Å². The first-order valence-corrected chi connectivity index (χ1v) is 8.52. The number of hydrogen-bond acceptors (Lipinski definition) is 6. The van der Waals surface area contributed by atoms with E-state index in [0.29, 0.717) is 5.76 Å². The minimum atomic E-state index is -0.653. The second-order valence-corrected chi connectivity index (χ2v) is 5.98. The second-order valence-electron chi connectivity index (χ2n) is 5.98. The summed E-state index contributed by atoms with van der Waals surface area (Å²) in [5, 5.41) is 9.64. The molecule has 3 rings (SSSR count). The molecule has 0 fully saturated rings. The Kier molecular flexibility index (Phi) is 5.23. The van der Waals surface area contributed by atoms with Crippen LogP contribution in [0.1, 0.15) is 25.3 Å². The van der Waals surface area contributed by atoms with Crippen molar-refractivity contribution in [2.45, 2.75) is 19.8 Å². The lowest BCUT2D eigenvalue weighted by Gasteiger charge is -2.27. The van der Waals surface area contributed by atoms with E-state index in [2.05, 4.69) is 11.1 Å². The second kappa shape index (κ2) is 7.75. The van der Waals surface area contributed by atoms with Gasteiger partial charge in [-0.3, -0.25) is 4.98 Å². The van der Waals surface area contributed by atoms with Gasteiger partial charge in [-0.25, -0.2) is 4.79 Å². The number of nitrogens with two attached hydrogens (primary N) is 1. The molecule has 0 radical (unpaired) electrons. The summed E-state index contributed by atoms with van der Waals surface area (Å²) in [6.45, 7) is 3.59. The number of pyridine rings is 1. The van der Waals surface area contributed by atoms with Crippen molar-refractivity contribution in [3.05, 3.63) is 77.1 Å². The molecular formula is C21H19N3O3. The fourth-order valence-electron chi connectivity index (χ4n) is 3.12. The highest BCUT2D eigenvalue weighted by molar-refractivity contribution is 5.92. The van der Waals surface area contributed by atoms with E-state index < -0.39 is 11.9 Å². The number of carbonyl (C=O) groups excluding carboxylic acids is 1. The summed E-state index contributed by atoms with van der Waals surface area (Å²) in [5.41, 5.74) is 9.00. The lowest BCUT2D eigenvalue weighted by molar-refractivity contribution is -0.139. The molecule has 0 amide bonds. The van der Waals surface area contributed by atoms with E-state index in [1.807, 2.05) is 36.4 Å². The maximum atomic E-state index is 12.6. The maximum Gasteiger partial charge on any atom is 0.338 e. The Morgan fingerprint density at radius 3 is 2.78 bits per heavy atom. The molecule has 0 bridgehead atoms. The molecule has 1 unspecified atom stereocenters. The third-order valence-corrected chi connectivity index (χ3v) is 4.32. The van der Waals surface area contributed by atoms with Crippen LogP contribution in [0.4, 0.5) is 0 Å². The summed E-state index contributed by atoms with van der Waals surface area (Å²) in [5.74, 6) is -0.840. The molecular weight excluding hydrogens is 342 g/mol. The van der Waals surface area contributed by atoms with E-state index in [1.54, 1.807) is 26.2 Å². The Hall–Kier alpha value is -3.59. The van der Waals surface area contributed by atoms with Gasteiger partial charge in [0, 0.05) is 12.4 Å². The number of nitrogens with zero attached hydrogens (tertiary/aromatic N) is 2. The fraction of sp³-hybridized carbons (Fsp3) is 0.190. The number of carbonyl (C=O) groups is 1. The van der Waals surface area contributed by atoms with Crippen LogP contribution in [0.2, 0.25) is 0 Å². The van der Waals surface area contributed by atoms with Crippen molar-refractivity contribution < 1.29 is 14.3 Å². The number of esters is 1. The monoisotopic (exact) mass is 361 g/mol. The molecule has 27 heavy (non-hydrogen) atoms. The molecule has 2 N–H and O–H groups in total. The summed E-state index contributed by atoms with van der Waals surface area (Å²) in [6, 6.07) is 13.5. The van der Waals surface area contributed by atoms with Gasteiger partial charge in [-0.15, -0.1) is 0 Å². The van der Waals surface area contributed by atoms with Crippen LogP contribution in [-0.2, 0) is 14.3 Å². The molecule has 1 aliphatic rings. The van der Waals surface area contributed by atoms with Gasteiger partial charge in [-0.1, -0.05) is 30.3 Å². The smallest absolute Gasteiger partial charge is 0.338 e. The standard InChI is InChI=1S/C21H19N3O3/c1-3-26-21(25)18-13(2)27-20(23)17(11-22)19(18)15-7-4-6-14(10-15)16-8-5-9-24-12-16/h4-10,12,19H,3,23H2,1-2H3. The predicted molar refractivity (Wildman–Crippen MR) is 99.7 cm³/mol. The van der Waals surface area contributed by atoms with Gasteiger partial charge in [0.25, 0.3) is 0 Å². The largest absolute Gasteiger partial charge is 0.463 e. The number of benzene rings is 1. The van der Waals surface area contributed by atoms with E-state index in [-0.39, 0.29) is 23.6 Å². The Bertz CT molecular complexity index is 972. The van der Waals surface area contributed by atoms with Crippen molar-refractivity contribution in [3.63, 3.8) is 0 Å². The highest BCUT2D eigenvalue weighted by atomic mass is 16.5. The molecule has 6 heteroatoms. The Morgan fingerprint density at radius 1 is 1.33 bits per heavy atom. The molecule has 1 atom stereocenters. The van der Waals surface area contributed by atoms with Crippen LogP contribution >= 0.6 is 0 Å². The van der Waals surface area contributed by atoms with Gasteiger partial charge in [-0.2, -0.15) is 5.26 Å². The SMILES string of the molecule is CCOC(=O)C1=C(C)OC(N)=C(C#N)C1c1cccc(-c2cccnc2)c1. The van der Waals surface area contributed by atoms with Crippen molar-refractivity contribution >= 4 is 5.97 Å². The van der Waals surface area contributed by atoms with E-state index in [4.69, 9.17) is 15.2 Å². The minimum absolute atomic E-state index is 0.000158. The molecule has 0 spiro atoms. The zero-order chi connectivity index (χ0) is 19.4. The number of nitriles is 1. The average molecular weight is 361 g/mol. The third-order valence-electron chi connectivity index (χ3n) is 4.32. The zero-order valence-electron chi connectivity index (χ0n) is 15.1. The molecule has 0 saturated heterocycles. The Labute approximate surface area is 157 Å². The first-order chi connectivity index (χ1) is 13.1.